The van der Waals surface area contributed by atoms with E-state index in [2.05, 4.69) is 10.2 Å². The van der Waals surface area contributed by atoms with Crippen molar-refractivity contribution in [2.75, 3.05) is 14.2 Å². The second-order valence-corrected chi connectivity index (χ2v) is 6.35. The van der Waals surface area contributed by atoms with Crippen LogP contribution in [0.3, 0.4) is 0 Å². The molecule has 0 bridgehead atoms. The van der Waals surface area contributed by atoms with Gasteiger partial charge in [-0.05, 0) is 30.0 Å². The van der Waals surface area contributed by atoms with Crippen LogP contribution in [-0.4, -0.2) is 29.3 Å². The molecule has 1 aromatic heterocycles. The van der Waals surface area contributed by atoms with Gasteiger partial charge in [0.05, 0.1) is 24.2 Å². The lowest BCUT2D eigenvalue weighted by Crippen LogP contribution is -1.88. The van der Waals surface area contributed by atoms with Crippen LogP contribution < -0.4 is 9.47 Å². The van der Waals surface area contributed by atoms with Crippen molar-refractivity contribution in [3.8, 4) is 23.0 Å². The molecule has 26 heavy (non-hydrogen) atoms. The minimum atomic E-state index is -0.513. The van der Waals surface area contributed by atoms with Crippen LogP contribution in [0.4, 0.5) is 5.69 Å². The van der Waals surface area contributed by atoms with E-state index in [4.69, 9.17) is 25.5 Å². The van der Waals surface area contributed by atoms with Crippen molar-refractivity contribution >= 4 is 29.1 Å². The summed E-state index contributed by atoms with van der Waals surface area (Å²) in [6.07, 6.45) is 0. The molecule has 10 heteroatoms. The Morgan fingerprint density at radius 2 is 1.81 bits per heavy atom. The van der Waals surface area contributed by atoms with E-state index >= 15 is 0 Å². The van der Waals surface area contributed by atoms with Crippen molar-refractivity contribution in [3.63, 3.8) is 0 Å². The molecule has 3 aromatic rings. The van der Waals surface area contributed by atoms with Gasteiger partial charge in [0, 0.05) is 28.7 Å². The number of hydrogen-bond acceptors (Lipinski definition) is 8. The lowest BCUT2D eigenvalue weighted by Gasteiger charge is -2.05. The average Bonchev–Trinajstić information content (AvgIpc) is 3.11. The maximum Gasteiger partial charge on any atom is 0.281 e. The number of nitrogens with zero attached hydrogens (tertiary/aromatic N) is 3. The van der Waals surface area contributed by atoms with Crippen LogP contribution in [0.15, 0.2) is 50.9 Å². The van der Waals surface area contributed by atoms with E-state index in [1.165, 1.54) is 18.2 Å². The largest absolute Gasteiger partial charge is 0.497 e. The molecule has 134 valence electrons. The number of aromatic nitrogens is 2. The highest BCUT2D eigenvalue weighted by Crippen LogP contribution is 2.36. The van der Waals surface area contributed by atoms with Crippen molar-refractivity contribution in [3.05, 3.63) is 51.5 Å². The lowest BCUT2D eigenvalue weighted by molar-refractivity contribution is -0.384. The summed E-state index contributed by atoms with van der Waals surface area (Å²) < 4.78 is 16.1. The van der Waals surface area contributed by atoms with E-state index in [-0.39, 0.29) is 21.8 Å². The summed E-state index contributed by atoms with van der Waals surface area (Å²) in [5.41, 5.74) is 0.546. The molecular weight excluding hydrogens is 382 g/mol. The predicted molar refractivity (Wildman–Crippen MR) is 95.1 cm³/mol. The fraction of sp³-hybridized carbons (Fsp3) is 0.125. The number of hydrogen-bond donors (Lipinski definition) is 0. The zero-order chi connectivity index (χ0) is 18.7. The van der Waals surface area contributed by atoms with Gasteiger partial charge in [-0.2, -0.15) is 0 Å². The maximum atomic E-state index is 10.8. The Labute approximate surface area is 157 Å². The molecule has 0 aliphatic rings. The first-order chi connectivity index (χ1) is 12.5. The summed E-state index contributed by atoms with van der Waals surface area (Å²) in [5, 5.41) is 19.2. The Bertz CT molecular complexity index is 941. The third-order valence-corrected chi connectivity index (χ3v) is 4.67. The molecule has 0 unspecified atom stereocenters. The minimum absolute atomic E-state index is 0.0888. The fourth-order valence-corrected chi connectivity index (χ4v) is 3.05. The molecule has 0 spiro atoms. The van der Waals surface area contributed by atoms with Crippen molar-refractivity contribution < 1.29 is 18.8 Å². The van der Waals surface area contributed by atoms with Crippen LogP contribution in [0.5, 0.6) is 11.5 Å². The molecule has 2 aromatic carbocycles. The Morgan fingerprint density at radius 1 is 1.12 bits per heavy atom. The third-order valence-electron chi connectivity index (χ3n) is 3.33. The summed E-state index contributed by atoms with van der Waals surface area (Å²) in [7, 11) is 3.09. The SMILES string of the molecule is COc1cc(OC)cc(-c2nnc(Sc3ccc([N+](=O)[O-])cc3Cl)o2)c1. The third kappa shape index (κ3) is 3.89. The quantitative estimate of drug-likeness (QED) is 0.446. The summed E-state index contributed by atoms with van der Waals surface area (Å²) in [5.74, 6) is 1.46. The van der Waals surface area contributed by atoms with Gasteiger partial charge in [0.2, 0.25) is 5.89 Å². The highest BCUT2D eigenvalue weighted by Gasteiger charge is 2.15. The molecule has 3 rings (SSSR count). The number of ether oxygens (including phenoxy) is 2. The smallest absolute Gasteiger partial charge is 0.281 e. The Balaban J connectivity index is 1.86. The number of methoxy groups -OCH3 is 2. The molecule has 0 aliphatic heterocycles. The minimum Gasteiger partial charge on any atom is -0.497 e. The molecule has 0 radical (unpaired) electrons. The van der Waals surface area contributed by atoms with Gasteiger partial charge in [-0.1, -0.05) is 11.6 Å². The van der Waals surface area contributed by atoms with Crippen LogP contribution in [0.2, 0.25) is 5.02 Å². The van der Waals surface area contributed by atoms with Gasteiger partial charge in [-0.15, -0.1) is 10.2 Å². The number of benzene rings is 2. The van der Waals surface area contributed by atoms with Gasteiger partial charge in [0.25, 0.3) is 10.9 Å². The van der Waals surface area contributed by atoms with Crippen LogP contribution in [-0.2, 0) is 0 Å². The number of halogens is 1. The van der Waals surface area contributed by atoms with E-state index in [9.17, 15) is 10.1 Å². The van der Waals surface area contributed by atoms with Crippen LogP contribution in [0.1, 0.15) is 0 Å². The fourth-order valence-electron chi connectivity index (χ4n) is 2.08. The van der Waals surface area contributed by atoms with Crippen molar-refractivity contribution in [1.29, 1.82) is 0 Å². The first-order valence-electron chi connectivity index (χ1n) is 7.19. The summed E-state index contributed by atoms with van der Waals surface area (Å²) in [6.45, 7) is 0. The highest BCUT2D eigenvalue weighted by atomic mass is 35.5. The van der Waals surface area contributed by atoms with Gasteiger partial charge >= 0.3 is 0 Å². The molecule has 8 nitrogen and oxygen atoms in total. The van der Waals surface area contributed by atoms with Crippen molar-refractivity contribution in [1.82, 2.24) is 10.2 Å². The zero-order valence-electron chi connectivity index (χ0n) is 13.6. The van der Waals surface area contributed by atoms with Gasteiger partial charge in [0.15, 0.2) is 0 Å². The molecule has 0 amide bonds. The Hall–Kier alpha value is -2.78. The van der Waals surface area contributed by atoms with Crippen LogP contribution >= 0.6 is 23.4 Å². The number of nitro benzene ring substituents is 1. The summed E-state index contributed by atoms with van der Waals surface area (Å²) >= 11 is 7.19. The summed E-state index contributed by atoms with van der Waals surface area (Å²) in [6, 6.07) is 9.37. The van der Waals surface area contributed by atoms with Gasteiger partial charge in [-0.3, -0.25) is 10.1 Å². The molecule has 0 N–H and O–H groups in total. The van der Waals surface area contributed by atoms with E-state index < -0.39 is 4.92 Å². The molecule has 0 aliphatic carbocycles. The normalized spacial score (nSPS) is 10.6. The number of rotatable bonds is 6. The van der Waals surface area contributed by atoms with Gasteiger partial charge in [0.1, 0.15) is 11.5 Å². The maximum absolute atomic E-state index is 10.8. The molecular formula is C16H12ClN3O5S. The first kappa shape index (κ1) is 18.0. The van der Waals surface area contributed by atoms with E-state index in [0.29, 0.717) is 22.0 Å². The average molecular weight is 394 g/mol. The number of nitro groups is 1. The monoisotopic (exact) mass is 393 g/mol. The van der Waals surface area contributed by atoms with E-state index in [1.807, 2.05) is 0 Å². The highest BCUT2D eigenvalue weighted by molar-refractivity contribution is 7.99. The van der Waals surface area contributed by atoms with E-state index in [1.54, 1.807) is 32.4 Å². The van der Waals surface area contributed by atoms with Crippen molar-refractivity contribution in [2.24, 2.45) is 0 Å². The second-order valence-electron chi connectivity index (χ2n) is 4.95. The standard InChI is InChI=1S/C16H12ClN3O5S/c1-23-11-5-9(6-12(8-11)24-2)15-18-19-16(25-15)26-14-4-3-10(20(21)22)7-13(14)17/h3-8H,1-2H3. The Morgan fingerprint density at radius 3 is 2.38 bits per heavy atom. The molecule has 0 atom stereocenters. The molecule has 0 fully saturated rings. The molecule has 1 heterocycles. The predicted octanol–water partition coefficient (Wildman–Crippen LogP) is 4.47. The topological polar surface area (TPSA) is 101 Å². The van der Waals surface area contributed by atoms with Crippen molar-refractivity contribution in [2.45, 2.75) is 10.1 Å². The molecule has 0 saturated carbocycles. The summed E-state index contributed by atoms with van der Waals surface area (Å²) in [4.78, 5) is 10.8. The van der Waals surface area contributed by atoms with Gasteiger partial charge < -0.3 is 13.9 Å². The van der Waals surface area contributed by atoms with Crippen LogP contribution in [0, 0.1) is 10.1 Å². The van der Waals surface area contributed by atoms with Gasteiger partial charge in [-0.25, -0.2) is 0 Å². The zero-order valence-corrected chi connectivity index (χ0v) is 15.2. The second kappa shape index (κ2) is 7.63. The number of non-ortho nitro benzene ring substituents is 1. The van der Waals surface area contributed by atoms with E-state index in [0.717, 1.165) is 11.8 Å². The van der Waals surface area contributed by atoms with Crippen LogP contribution in [0.25, 0.3) is 11.5 Å². The Kier molecular flexibility index (Phi) is 5.29. The molecule has 0 saturated heterocycles. The first-order valence-corrected chi connectivity index (χ1v) is 8.38. The lowest BCUT2D eigenvalue weighted by atomic mass is 10.2.